The van der Waals surface area contributed by atoms with E-state index >= 15 is 0 Å². The highest BCUT2D eigenvalue weighted by atomic mass is 79.9. The number of nitrogens with zero attached hydrogens (tertiary/aromatic N) is 2. The van der Waals surface area contributed by atoms with Crippen LogP contribution in [0.5, 0.6) is 0 Å². The Morgan fingerprint density at radius 2 is 1.55 bits per heavy atom. The van der Waals surface area contributed by atoms with Crippen LogP contribution in [0.3, 0.4) is 0 Å². The van der Waals surface area contributed by atoms with Gasteiger partial charge in [-0.05, 0) is 60.7 Å². The zero-order valence-electron chi connectivity index (χ0n) is 23.5. The van der Waals surface area contributed by atoms with E-state index in [1.807, 2.05) is 87.5 Å². The van der Waals surface area contributed by atoms with Gasteiger partial charge in [0.2, 0.25) is 21.8 Å². The minimum absolute atomic E-state index is 0.0850. The second-order valence-corrected chi connectivity index (χ2v) is 12.8. The summed E-state index contributed by atoms with van der Waals surface area (Å²) in [6, 6.07) is 23.3. The van der Waals surface area contributed by atoms with Crippen LogP contribution in [0.1, 0.15) is 43.9 Å². The molecule has 0 aromatic heterocycles. The highest BCUT2D eigenvalue weighted by Gasteiger charge is 2.33. The molecule has 0 aliphatic rings. The van der Waals surface area contributed by atoms with Crippen molar-refractivity contribution in [2.45, 2.75) is 58.7 Å². The van der Waals surface area contributed by atoms with Crippen molar-refractivity contribution in [1.82, 2.24) is 10.2 Å². The molecule has 214 valence electrons. The minimum atomic E-state index is -3.80. The van der Waals surface area contributed by atoms with Crippen LogP contribution < -0.4 is 9.62 Å². The van der Waals surface area contributed by atoms with Gasteiger partial charge in [0.1, 0.15) is 12.6 Å². The van der Waals surface area contributed by atoms with Gasteiger partial charge in [-0.3, -0.25) is 13.9 Å². The van der Waals surface area contributed by atoms with Crippen LogP contribution in [0.15, 0.2) is 83.3 Å². The fourth-order valence-electron chi connectivity index (χ4n) is 4.34. The van der Waals surface area contributed by atoms with E-state index in [0.717, 1.165) is 44.6 Å². The van der Waals surface area contributed by atoms with Crippen LogP contribution in [-0.4, -0.2) is 50.0 Å². The SMILES string of the molecule is CCc1ccc(N(CC(=O)N(Cc2cccc(Br)c2)[C@@H](Cc2ccccc2)C(=O)N[C@H](C)CC)S(C)(=O)=O)cc1. The molecule has 0 saturated carbocycles. The first-order chi connectivity index (χ1) is 19.0. The van der Waals surface area contributed by atoms with E-state index < -0.39 is 28.5 Å². The lowest BCUT2D eigenvalue weighted by Gasteiger charge is -2.34. The third-order valence-corrected chi connectivity index (χ3v) is 8.46. The van der Waals surface area contributed by atoms with Crippen molar-refractivity contribution in [2.24, 2.45) is 0 Å². The highest BCUT2D eigenvalue weighted by Crippen LogP contribution is 2.22. The first-order valence-electron chi connectivity index (χ1n) is 13.5. The van der Waals surface area contributed by atoms with Crippen molar-refractivity contribution >= 4 is 43.5 Å². The zero-order valence-corrected chi connectivity index (χ0v) is 25.9. The third kappa shape index (κ3) is 8.93. The third-order valence-electron chi connectivity index (χ3n) is 6.83. The Balaban J connectivity index is 2.05. The molecule has 0 aliphatic heterocycles. The summed E-state index contributed by atoms with van der Waals surface area (Å²) in [6.45, 7) is 5.62. The van der Waals surface area contributed by atoms with Gasteiger partial charge in [0.05, 0.1) is 11.9 Å². The molecule has 40 heavy (non-hydrogen) atoms. The Labute approximate surface area is 246 Å². The fourth-order valence-corrected chi connectivity index (χ4v) is 5.63. The lowest BCUT2D eigenvalue weighted by Crippen LogP contribution is -2.54. The second-order valence-electron chi connectivity index (χ2n) is 9.96. The molecule has 3 rings (SSSR count). The maximum Gasteiger partial charge on any atom is 0.244 e. The predicted molar refractivity (Wildman–Crippen MR) is 165 cm³/mol. The normalized spacial score (nSPS) is 12.8. The van der Waals surface area contributed by atoms with Gasteiger partial charge in [-0.2, -0.15) is 0 Å². The summed E-state index contributed by atoms with van der Waals surface area (Å²) in [5.74, 6) is -0.745. The maximum absolute atomic E-state index is 14.1. The Bertz CT molecular complexity index is 1380. The van der Waals surface area contributed by atoms with Gasteiger partial charge >= 0.3 is 0 Å². The van der Waals surface area contributed by atoms with E-state index in [2.05, 4.69) is 21.2 Å². The van der Waals surface area contributed by atoms with E-state index in [0.29, 0.717) is 5.69 Å². The van der Waals surface area contributed by atoms with Crippen molar-refractivity contribution in [1.29, 1.82) is 0 Å². The van der Waals surface area contributed by atoms with E-state index in [9.17, 15) is 18.0 Å². The molecule has 9 heteroatoms. The molecule has 2 atom stereocenters. The van der Waals surface area contributed by atoms with Crippen molar-refractivity contribution in [3.63, 3.8) is 0 Å². The van der Waals surface area contributed by atoms with E-state index in [-0.39, 0.29) is 24.9 Å². The average Bonchev–Trinajstić information content (AvgIpc) is 2.93. The molecule has 0 aliphatic carbocycles. The zero-order chi connectivity index (χ0) is 29.3. The molecule has 3 aromatic carbocycles. The van der Waals surface area contributed by atoms with Crippen molar-refractivity contribution in [2.75, 3.05) is 17.1 Å². The number of halogens is 1. The molecule has 2 amide bonds. The smallest absolute Gasteiger partial charge is 0.244 e. The number of nitrogens with one attached hydrogen (secondary N) is 1. The van der Waals surface area contributed by atoms with Crippen LogP contribution in [-0.2, 0) is 39.0 Å². The molecule has 3 aromatic rings. The van der Waals surface area contributed by atoms with Gasteiger partial charge in [0.25, 0.3) is 0 Å². The average molecular weight is 629 g/mol. The summed E-state index contributed by atoms with van der Waals surface area (Å²) in [5, 5.41) is 3.04. The molecule has 0 spiro atoms. The van der Waals surface area contributed by atoms with Crippen LogP contribution in [0.4, 0.5) is 5.69 Å². The summed E-state index contributed by atoms with van der Waals surface area (Å²) < 4.78 is 27.7. The molecule has 0 fully saturated rings. The van der Waals surface area contributed by atoms with Gasteiger partial charge in [-0.25, -0.2) is 8.42 Å². The lowest BCUT2D eigenvalue weighted by molar-refractivity contribution is -0.140. The Morgan fingerprint density at radius 3 is 2.12 bits per heavy atom. The molecule has 0 bridgehead atoms. The molecular formula is C31H38BrN3O4S. The number of sulfonamides is 1. The van der Waals surface area contributed by atoms with Crippen molar-refractivity contribution in [3.8, 4) is 0 Å². The first kappa shape index (κ1) is 31.4. The molecular weight excluding hydrogens is 590 g/mol. The minimum Gasteiger partial charge on any atom is -0.352 e. The number of benzene rings is 3. The summed E-state index contributed by atoms with van der Waals surface area (Å²) in [5.41, 5.74) is 3.17. The van der Waals surface area contributed by atoms with Crippen LogP contribution in [0.2, 0.25) is 0 Å². The number of aryl methyl sites for hydroxylation is 1. The predicted octanol–water partition coefficient (Wildman–Crippen LogP) is 5.33. The van der Waals surface area contributed by atoms with Crippen LogP contribution in [0, 0.1) is 0 Å². The van der Waals surface area contributed by atoms with Crippen molar-refractivity contribution < 1.29 is 18.0 Å². The molecule has 0 heterocycles. The highest BCUT2D eigenvalue weighted by molar-refractivity contribution is 9.10. The van der Waals surface area contributed by atoms with E-state index in [4.69, 9.17) is 0 Å². The number of rotatable bonds is 13. The number of carbonyl (C=O) groups excluding carboxylic acids is 2. The second kappa shape index (κ2) is 14.5. The number of amides is 2. The monoisotopic (exact) mass is 627 g/mol. The largest absolute Gasteiger partial charge is 0.352 e. The van der Waals surface area contributed by atoms with Gasteiger partial charge in [-0.1, -0.05) is 84.4 Å². The van der Waals surface area contributed by atoms with Crippen LogP contribution in [0.25, 0.3) is 0 Å². The number of hydrogen-bond acceptors (Lipinski definition) is 4. The maximum atomic E-state index is 14.1. The number of anilines is 1. The fraction of sp³-hybridized carbons (Fsp3) is 0.355. The lowest BCUT2D eigenvalue weighted by atomic mass is 10.0. The van der Waals surface area contributed by atoms with Gasteiger partial charge in [0.15, 0.2) is 0 Å². The van der Waals surface area contributed by atoms with E-state index in [1.54, 1.807) is 12.1 Å². The number of hydrogen-bond donors (Lipinski definition) is 1. The Kier molecular flexibility index (Phi) is 11.3. The molecule has 0 unspecified atom stereocenters. The standard InChI is InChI=1S/C31H38BrN3O4S/c1-5-23(3)33-31(37)29(20-25-11-8-7-9-12-25)34(21-26-13-10-14-27(32)19-26)30(36)22-35(40(4,38)39)28-17-15-24(6-2)16-18-28/h7-19,23,29H,5-6,20-22H2,1-4H3,(H,33,37)/t23-,29+/m1/s1. The summed E-state index contributed by atoms with van der Waals surface area (Å²) in [6.07, 6.45) is 2.92. The summed E-state index contributed by atoms with van der Waals surface area (Å²) in [7, 11) is -3.80. The van der Waals surface area contributed by atoms with Crippen molar-refractivity contribution in [3.05, 3.63) is 100 Å². The number of carbonyl (C=O) groups is 2. The Hall–Kier alpha value is -3.17. The quantitative estimate of drug-likeness (QED) is 0.277. The molecule has 7 nitrogen and oxygen atoms in total. The first-order valence-corrected chi connectivity index (χ1v) is 16.1. The van der Waals surface area contributed by atoms with Crippen LogP contribution >= 0.6 is 15.9 Å². The molecule has 0 saturated heterocycles. The molecule has 1 N–H and O–H groups in total. The van der Waals surface area contributed by atoms with Gasteiger partial charge in [-0.15, -0.1) is 0 Å². The van der Waals surface area contributed by atoms with Gasteiger partial charge in [0, 0.05) is 23.5 Å². The Morgan fingerprint density at radius 1 is 0.900 bits per heavy atom. The summed E-state index contributed by atoms with van der Waals surface area (Å²) in [4.78, 5) is 29.3. The van der Waals surface area contributed by atoms with E-state index in [1.165, 1.54) is 4.90 Å². The van der Waals surface area contributed by atoms with Gasteiger partial charge < -0.3 is 10.2 Å². The summed E-state index contributed by atoms with van der Waals surface area (Å²) >= 11 is 3.49. The molecule has 0 radical (unpaired) electrons. The topological polar surface area (TPSA) is 86.8 Å².